The largest absolute Gasteiger partial charge is 0.335 e. The number of carbonyl (C=O) groups excluding carboxylic acids is 2. The van der Waals surface area contributed by atoms with Crippen LogP contribution >= 0.6 is 0 Å². The van der Waals surface area contributed by atoms with Crippen LogP contribution in [0.2, 0.25) is 0 Å². The number of imidazole rings is 1. The van der Waals surface area contributed by atoms with E-state index in [1.807, 2.05) is 31.2 Å². The zero-order valence-electron chi connectivity index (χ0n) is 16.6. The number of rotatable bonds is 5. The highest BCUT2D eigenvalue weighted by Crippen LogP contribution is 2.17. The quantitative estimate of drug-likeness (QED) is 0.521. The number of pyridine rings is 1. The van der Waals surface area contributed by atoms with Crippen molar-refractivity contribution in [1.29, 1.82) is 0 Å². The van der Waals surface area contributed by atoms with E-state index >= 15 is 0 Å². The van der Waals surface area contributed by atoms with Crippen LogP contribution < -0.4 is 11.0 Å². The van der Waals surface area contributed by atoms with E-state index in [9.17, 15) is 14.4 Å². The molecule has 0 unspecified atom stereocenters. The van der Waals surface area contributed by atoms with Crippen molar-refractivity contribution in [3.05, 3.63) is 88.5 Å². The number of carbonyl (C=O) groups is 2. The highest BCUT2D eigenvalue weighted by Gasteiger charge is 2.17. The number of aromatic nitrogens is 3. The van der Waals surface area contributed by atoms with E-state index in [1.54, 1.807) is 42.6 Å². The molecule has 2 aromatic carbocycles. The molecular formula is C23H20N4O3. The molecule has 0 saturated heterocycles. The summed E-state index contributed by atoms with van der Waals surface area (Å²) in [6.45, 7) is 3.26. The molecular weight excluding hydrogens is 380 g/mol. The van der Waals surface area contributed by atoms with Crippen LogP contribution in [0.25, 0.3) is 16.9 Å². The molecule has 0 atom stereocenters. The molecule has 0 aliphatic rings. The van der Waals surface area contributed by atoms with Crippen molar-refractivity contribution in [3.63, 3.8) is 0 Å². The minimum atomic E-state index is -0.371. The second kappa shape index (κ2) is 7.79. The molecule has 0 aliphatic heterocycles. The van der Waals surface area contributed by atoms with Gasteiger partial charge in [0.05, 0.1) is 11.2 Å². The summed E-state index contributed by atoms with van der Waals surface area (Å²) in [5, 5.41) is 2.75. The van der Waals surface area contributed by atoms with Gasteiger partial charge in [-0.2, -0.15) is 0 Å². The van der Waals surface area contributed by atoms with Gasteiger partial charge in [0.25, 0.3) is 0 Å². The number of benzene rings is 2. The van der Waals surface area contributed by atoms with Crippen molar-refractivity contribution in [2.24, 2.45) is 0 Å². The molecule has 0 aliphatic carbocycles. The number of nitrogens with zero attached hydrogens (tertiary/aromatic N) is 3. The van der Waals surface area contributed by atoms with Crippen LogP contribution in [-0.4, -0.2) is 25.8 Å². The predicted octanol–water partition coefficient (Wildman–Crippen LogP) is 3.34. The first kappa shape index (κ1) is 19.3. The number of Topliss-reactive ketones (excluding diaryl/α,β-unsaturated/α-hetero) is 1. The normalized spacial score (nSPS) is 10.9. The minimum absolute atomic E-state index is 0.0884. The lowest BCUT2D eigenvalue weighted by atomic mass is 10.1. The van der Waals surface area contributed by atoms with E-state index in [4.69, 9.17) is 0 Å². The van der Waals surface area contributed by atoms with Gasteiger partial charge in [0.2, 0.25) is 5.91 Å². The lowest BCUT2D eigenvalue weighted by Crippen LogP contribution is -2.29. The Kier molecular flexibility index (Phi) is 5.02. The zero-order chi connectivity index (χ0) is 21.3. The summed E-state index contributed by atoms with van der Waals surface area (Å²) in [5.74, 6) is -0.459. The second-order valence-electron chi connectivity index (χ2n) is 7.07. The van der Waals surface area contributed by atoms with E-state index in [0.717, 1.165) is 5.56 Å². The Morgan fingerprint density at radius 3 is 2.53 bits per heavy atom. The fourth-order valence-corrected chi connectivity index (χ4v) is 3.33. The van der Waals surface area contributed by atoms with Gasteiger partial charge in [0, 0.05) is 17.4 Å². The summed E-state index contributed by atoms with van der Waals surface area (Å²) >= 11 is 0. The molecule has 4 rings (SSSR count). The Morgan fingerprint density at radius 1 is 1.03 bits per heavy atom. The number of anilines is 1. The Labute approximate surface area is 172 Å². The summed E-state index contributed by atoms with van der Waals surface area (Å²) in [6, 6.07) is 17.7. The van der Waals surface area contributed by atoms with E-state index in [1.165, 1.54) is 16.1 Å². The molecule has 30 heavy (non-hydrogen) atoms. The van der Waals surface area contributed by atoms with Gasteiger partial charge in [0.15, 0.2) is 11.4 Å². The highest BCUT2D eigenvalue weighted by molar-refractivity contribution is 5.97. The average Bonchev–Trinajstić information content (AvgIpc) is 3.00. The number of hydrogen-bond donors (Lipinski definition) is 1. The van der Waals surface area contributed by atoms with E-state index in [-0.39, 0.29) is 23.9 Å². The van der Waals surface area contributed by atoms with Crippen molar-refractivity contribution in [1.82, 2.24) is 14.1 Å². The molecule has 1 N–H and O–H groups in total. The highest BCUT2D eigenvalue weighted by atomic mass is 16.2. The van der Waals surface area contributed by atoms with Crippen LogP contribution in [0.5, 0.6) is 0 Å². The lowest BCUT2D eigenvalue weighted by Gasteiger charge is -2.07. The average molecular weight is 400 g/mol. The van der Waals surface area contributed by atoms with Gasteiger partial charge in [-0.05, 0) is 50.2 Å². The topological polar surface area (TPSA) is 86.0 Å². The first-order valence-electron chi connectivity index (χ1n) is 9.48. The summed E-state index contributed by atoms with van der Waals surface area (Å²) in [7, 11) is 0. The van der Waals surface area contributed by atoms with Gasteiger partial charge in [-0.3, -0.25) is 14.2 Å². The van der Waals surface area contributed by atoms with Crippen LogP contribution in [0.3, 0.4) is 0 Å². The molecule has 2 aromatic heterocycles. The monoisotopic (exact) mass is 400 g/mol. The van der Waals surface area contributed by atoms with Crippen LogP contribution in [0.1, 0.15) is 22.8 Å². The molecule has 0 bridgehead atoms. The molecule has 0 spiro atoms. The van der Waals surface area contributed by atoms with E-state index in [0.29, 0.717) is 28.1 Å². The van der Waals surface area contributed by atoms with Crippen molar-refractivity contribution in [2.45, 2.75) is 20.4 Å². The van der Waals surface area contributed by atoms with Gasteiger partial charge in [-0.1, -0.05) is 29.8 Å². The first-order chi connectivity index (χ1) is 14.4. The van der Waals surface area contributed by atoms with Crippen molar-refractivity contribution in [3.8, 4) is 5.69 Å². The zero-order valence-corrected chi connectivity index (χ0v) is 16.6. The SMILES string of the molecule is CC(=O)c1cccc(NC(=O)Cn2c(=O)n(-c3ccc(C)cc3)c3ncccc32)c1. The van der Waals surface area contributed by atoms with Crippen molar-refractivity contribution < 1.29 is 9.59 Å². The Bertz CT molecular complexity index is 1320. The standard InChI is InChI=1S/C23H20N4O3/c1-15-8-10-19(11-9-15)27-22-20(7-4-12-24-22)26(23(27)30)14-21(29)25-18-6-3-5-17(13-18)16(2)28/h3-13H,14H2,1-2H3,(H,25,29). The van der Waals surface area contributed by atoms with Gasteiger partial charge in [-0.15, -0.1) is 0 Å². The van der Waals surface area contributed by atoms with Crippen LogP contribution in [0, 0.1) is 6.92 Å². The Morgan fingerprint density at radius 2 is 1.80 bits per heavy atom. The molecule has 0 saturated carbocycles. The number of hydrogen-bond acceptors (Lipinski definition) is 4. The van der Waals surface area contributed by atoms with Crippen molar-refractivity contribution >= 4 is 28.5 Å². The third kappa shape index (κ3) is 3.65. The number of aryl methyl sites for hydroxylation is 1. The second-order valence-corrected chi connectivity index (χ2v) is 7.07. The van der Waals surface area contributed by atoms with Crippen LogP contribution in [-0.2, 0) is 11.3 Å². The smallest absolute Gasteiger partial charge is 0.325 e. The third-order valence-electron chi connectivity index (χ3n) is 4.84. The number of nitrogens with one attached hydrogen (secondary N) is 1. The minimum Gasteiger partial charge on any atom is -0.325 e. The molecule has 0 radical (unpaired) electrons. The summed E-state index contributed by atoms with van der Waals surface area (Å²) < 4.78 is 2.89. The van der Waals surface area contributed by atoms with Crippen LogP contribution in [0.15, 0.2) is 71.7 Å². The fourth-order valence-electron chi connectivity index (χ4n) is 3.33. The van der Waals surface area contributed by atoms with E-state index < -0.39 is 0 Å². The fraction of sp³-hybridized carbons (Fsp3) is 0.130. The Hall–Kier alpha value is -4.00. The van der Waals surface area contributed by atoms with Gasteiger partial charge in [0.1, 0.15) is 6.54 Å². The maximum absolute atomic E-state index is 13.2. The molecule has 1 amide bonds. The molecule has 0 fully saturated rings. The van der Waals surface area contributed by atoms with Crippen LogP contribution in [0.4, 0.5) is 5.69 Å². The number of fused-ring (bicyclic) bond motifs is 1. The maximum Gasteiger partial charge on any atom is 0.335 e. The van der Waals surface area contributed by atoms with Gasteiger partial charge < -0.3 is 5.32 Å². The Balaban J connectivity index is 1.69. The predicted molar refractivity (Wildman–Crippen MR) is 115 cm³/mol. The summed E-state index contributed by atoms with van der Waals surface area (Å²) in [6.07, 6.45) is 1.62. The molecule has 150 valence electrons. The maximum atomic E-state index is 13.2. The van der Waals surface area contributed by atoms with Crippen molar-refractivity contribution in [2.75, 3.05) is 5.32 Å². The first-order valence-corrected chi connectivity index (χ1v) is 9.48. The lowest BCUT2D eigenvalue weighted by molar-refractivity contribution is -0.116. The molecule has 7 heteroatoms. The molecule has 7 nitrogen and oxygen atoms in total. The summed E-state index contributed by atoms with van der Waals surface area (Å²) in [5.41, 5.74) is 3.47. The summed E-state index contributed by atoms with van der Waals surface area (Å²) in [4.78, 5) is 41.7. The van der Waals surface area contributed by atoms with Gasteiger partial charge in [-0.25, -0.2) is 14.3 Å². The number of amides is 1. The van der Waals surface area contributed by atoms with E-state index in [2.05, 4.69) is 10.3 Å². The third-order valence-corrected chi connectivity index (χ3v) is 4.84. The molecule has 4 aromatic rings. The molecule has 2 heterocycles. The van der Waals surface area contributed by atoms with Gasteiger partial charge >= 0.3 is 5.69 Å². The number of ketones is 1.